The Morgan fingerprint density at radius 3 is 2.15 bits per heavy atom. The molecule has 2 aromatic rings. The SMILES string of the molecule is CCCCCCCCOC1CCC(c2ccc(C(F)(F)Oc3ccc(F)c(F)c3)cc2)CC1. The topological polar surface area (TPSA) is 18.5 Å². The number of benzene rings is 2. The maximum absolute atomic E-state index is 14.5. The molecule has 0 N–H and O–H groups in total. The number of alkyl halides is 2. The van der Waals surface area contributed by atoms with Gasteiger partial charge < -0.3 is 9.47 Å². The predicted octanol–water partition coefficient (Wildman–Crippen LogP) is 8.50. The largest absolute Gasteiger partial charge is 0.429 e. The number of halogens is 4. The van der Waals surface area contributed by atoms with E-state index in [2.05, 4.69) is 11.7 Å². The third-order valence-corrected chi connectivity index (χ3v) is 6.38. The summed E-state index contributed by atoms with van der Waals surface area (Å²) >= 11 is 0. The van der Waals surface area contributed by atoms with Gasteiger partial charge in [0.05, 0.1) is 11.7 Å². The van der Waals surface area contributed by atoms with Crippen molar-refractivity contribution in [2.75, 3.05) is 6.61 Å². The minimum atomic E-state index is -3.65. The molecule has 0 heterocycles. The summed E-state index contributed by atoms with van der Waals surface area (Å²) in [4.78, 5) is 0. The van der Waals surface area contributed by atoms with Gasteiger partial charge in [0.1, 0.15) is 5.75 Å². The second-order valence-corrected chi connectivity index (χ2v) is 8.93. The van der Waals surface area contributed by atoms with Crippen molar-refractivity contribution < 1.29 is 27.0 Å². The number of unbranched alkanes of at least 4 members (excludes halogenated alkanes) is 5. The lowest BCUT2D eigenvalue weighted by molar-refractivity contribution is -0.185. The molecular formula is C27H34F4O2. The third-order valence-electron chi connectivity index (χ3n) is 6.38. The van der Waals surface area contributed by atoms with Crippen LogP contribution in [0.2, 0.25) is 0 Å². The number of hydrogen-bond donors (Lipinski definition) is 0. The molecule has 0 atom stereocenters. The molecule has 0 aromatic heterocycles. The Hall–Kier alpha value is -2.08. The number of ether oxygens (including phenoxy) is 2. The molecule has 0 bridgehead atoms. The summed E-state index contributed by atoms with van der Waals surface area (Å²) < 4.78 is 65.9. The van der Waals surface area contributed by atoms with Crippen molar-refractivity contribution in [2.45, 2.75) is 89.3 Å². The van der Waals surface area contributed by atoms with Gasteiger partial charge in [-0.3, -0.25) is 0 Å². The van der Waals surface area contributed by atoms with Gasteiger partial charge in [-0.15, -0.1) is 0 Å². The molecule has 2 nitrogen and oxygen atoms in total. The van der Waals surface area contributed by atoms with E-state index in [1.807, 2.05) is 0 Å². The van der Waals surface area contributed by atoms with Gasteiger partial charge >= 0.3 is 6.11 Å². The van der Waals surface area contributed by atoms with Gasteiger partial charge in [0.2, 0.25) is 0 Å². The molecule has 33 heavy (non-hydrogen) atoms. The molecular weight excluding hydrogens is 432 g/mol. The number of hydrogen-bond acceptors (Lipinski definition) is 2. The van der Waals surface area contributed by atoms with Crippen molar-refractivity contribution in [3.05, 3.63) is 65.2 Å². The minimum absolute atomic E-state index is 0.296. The van der Waals surface area contributed by atoms with E-state index < -0.39 is 23.5 Å². The van der Waals surface area contributed by atoms with E-state index in [4.69, 9.17) is 4.74 Å². The zero-order chi connectivity index (χ0) is 23.7. The van der Waals surface area contributed by atoms with Gasteiger partial charge in [-0.1, -0.05) is 51.2 Å². The zero-order valence-corrected chi connectivity index (χ0v) is 19.3. The summed E-state index contributed by atoms with van der Waals surface area (Å²) in [6, 6.07) is 8.46. The maximum atomic E-state index is 14.5. The van der Waals surface area contributed by atoms with Crippen LogP contribution in [0.4, 0.5) is 17.6 Å². The monoisotopic (exact) mass is 466 g/mol. The van der Waals surface area contributed by atoms with Gasteiger partial charge in [-0.25, -0.2) is 8.78 Å². The van der Waals surface area contributed by atoms with Crippen LogP contribution in [0.15, 0.2) is 42.5 Å². The highest BCUT2D eigenvalue weighted by Crippen LogP contribution is 2.37. The van der Waals surface area contributed by atoms with Crippen molar-refractivity contribution >= 4 is 0 Å². The van der Waals surface area contributed by atoms with Crippen LogP contribution in [0.1, 0.15) is 88.2 Å². The molecule has 1 saturated carbocycles. The Labute approximate surface area is 194 Å². The molecule has 0 spiro atoms. The summed E-state index contributed by atoms with van der Waals surface area (Å²) in [5, 5.41) is 0. The molecule has 1 aliphatic carbocycles. The van der Waals surface area contributed by atoms with Gasteiger partial charge in [0, 0.05) is 12.7 Å². The van der Waals surface area contributed by atoms with Crippen molar-refractivity contribution in [3.8, 4) is 5.75 Å². The Bertz CT molecular complexity index is 846. The Kier molecular flexibility index (Phi) is 9.60. The molecule has 0 radical (unpaired) electrons. The van der Waals surface area contributed by atoms with Crippen molar-refractivity contribution in [1.82, 2.24) is 0 Å². The summed E-state index contributed by atoms with van der Waals surface area (Å²) in [6.07, 6.45) is 8.07. The minimum Gasteiger partial charge on any atom is -0.429 e. The van der Waals surface area contributed by atoms with Gasteiger partial charge in [0.25, 0.3) is 0 Å². The Morgan fingerprint density at radius 2 is 1.48 bits per heavy atom. The van der Waals surface area contributed by atoms with Crippen LogP contribution in [0.3, 0.4) is 0 Å². The predicted molar refractivity (Wildman–Crippen MR) is 122 cm³/mol. The van der Waals surface area contributed by atoms with E-state index in [1.54, 1.807) is 12.1 Å². The first-order chi connectivity index (χ1) is 15.9. The first-order valence-corrected chi connectivity index (χ1v) is 12.1. The Balaban J connectivity index is 1.44. The van der Waals surface area contributed by atoms with E-state index in [9.17, 15) is 17.6 Å². The normalized spacial score (nSPS) is 18.9. The fourth-order valence-electron chi connectivity index (χ4n) is 4.39. The molecule has 0 saturated heterocycles. The molecule has 0 amide bonds. The summed E-state index contributed by atoms with van der Waals surface area (Å²) in [6.45, 7) is 3.04. The highest BCUT2D eigenvalue weighted by atomic mass is 19.3. The number of rotatable bonds is 12. The van der Waals surface area contributed by atoms with Crippen LogP contribution >= 0.6 is 0 Å². The quantitative estimate of drug-likeness (QED) is 0.231. The first kappa shape index (κ1) is 25.5. The van der Waals surface area contributed by atoms with E-state index >= 15 is 0 Å². The van der Waals surface area contributed by atoms with E-state index in [-0.39, 0.29) is 5.56 Å². The van der Waals surface area contributed by atoms with Crippen LogP contribution in [0.25, 0.3) is 0 Å². The van der Waals surface area contributed by atoms with Crippen LogP contribution in [-0.4, -0.2) is 12.7 Å². The van der Waals surface area contributed by atoms with Gasteiger partial charge in [-0.2, -0.15) is 8.78 Å². The summed E-state index contributed by atoms with van der Waals surface area (Å²) in [5.41, 5.74) is 0.698. The zero-order valence-electron chi connectivity index (χ0n) is 19.3. The standard InChI is InChI=1S/C27H34F4O2/c1-2-3-4-5-6-7-18-32-23-14-10-21(11-15-23)20-8-12-22(13-9-20)27(30,31)33-24-16-17-25(28)26(29)19-24/h8-9,12-13,16-17,19,21,23H,2-7,10-11,14-15,18H2,1H3. The average molecular weight is 467 g/mol. The average Bonchev–Trinajstić information content (AvgIpc) is 2.81. The molecule has 2 aromatic carbocycles. The van der Waals surface area contributed by atoms with Crippen molar-refractivity contribution in [1.29, 1.82) is 0 Å². The second-order valence-electron chi connectivity index (χ2n) is 8.93. The second kappa shape index (κ2) is 12.4. The fourth-order valence-corrected chi connectivity index (χ4v) is 4.39. The van der Waals surface area contributed by atoms with Crippen LogP contribution in [0.5, 0.6) is 5.75 Å². The van der Waals surface area contributed by atoms with Crippen molar-refractivity contribution in [2.24, 2.45) is 0 Å². The molecule has 1 fully saturated rings. The first-order valence-electron chi connectivity index (χ1n) is 12.1. The fraction of sp³-hybridized carbons (Fsp3) is 0.556. The lowest BCUT2D eigenvalue weighted by Crippen LogP contribution is -2.23. The highest BCUT2D eigenvalue weighted by molar-refractivity contribution is 5.30. The van der Waals surface area contributed by atoms with Gasteiger partial charge in [-0.05, 0) is 67.9 Å². The molecule has 3 rings (SSSR count). The van der Waals surface area contributed by atoms with Crippen LogP contribution in [0, 0.1) is 11.6 Å². The maximum Gasteiger partial charge on any atom is 0.426 e. The van der Waals surface area contributed by atoms with Crippen LogP contribution in [-0.2, 0) is 10.8 Å². The molecule has 0 aliphatic heterocycles. The smallest absolute Gasteiger partial charge is 0.426 e. The lowest BCUT2D eigenvalue weighted by Gasteiger charge is -2.29. The summed E-state index contributed by atoms with van der Waals surface area (Å²) in [7, 11) is 0. The van der Waals surface area contributed by atoms with E-state index in [0.29, 0.717) is 18.1 Å². The lowest BCUT2D eigenvalue weighted by atomic mass is 9.82. The summed E-state index contributed by atoms with van der Waals surface area (Å²) in [5.74, 6) is -2.45. The van der Waals surface area contributed by atoms with Crippen molar-refractivity contribution in [3.63, 3.8) is 0 Å². The van der Waals surface area contributed by atoms with Crippen LogP contribution < -0.4 is 4.74 Å². The van der Waals surface area contributed by atoms with E-state index in [0.717, 1.165) is 56.4 Å². The molecule has 182 valence electrons. The third kappa shape index (κ3) is 7.73. The Morgan fingerprint density at radius 1 is 0.818 bits per heavy atom. The molecule has 6 heteroatoms. The highest BCUT2D eigenvalue weighted by Gasteiger charge is 2.35. The van der Waals surface area contributed by atoms with E-state index in [1.165, 1.54) is 44.2 Å². The van der Waals surface area contributed by atoms with Gasteiger partial charge in [0.15, 0.2) is 11.6 Å². The molecule has 0 unspecified atom stereocenters. The molecule has 1 aliphatic rings.